The molecule has 0 bridgehead atoms. The van der Waals surface area contributed by atoms with Crippen molar-refractivity contribution in [1.82, 2.24) is 4.31 Å². The van der Waals surface area contributed by atoms with Crippen LogP contribution in [0.1, 0.15) is 25.3 Å². The van der Waals surface area contributed by atoms with Gasteiger partial charge in [0.05, 0.1) is 23.8 Å². The molecular formula is C21H25N3O5S. The van der Waals surface area contributed by atoms with Crippen LogP contribution in [0.3, 0.4) is 0 Å². The van der Waals surface area contributed by atoms with Gasteiger partial charge in [-0.25, -0.2) is 8.42 Å². The highest BCUT2D eigenvalue weighted by molar-refractivity contribution is 7.89. The van der Waals surface area contributed by atoms with Gasteiger partial charge in [-0.15, -0.1) is 0 Å². The number of nitro groups is 1. The summed E-state index contributed by atoms with van der Waals surface area (Å²) < 4.78 is 34.2. The van der Waals surface area contributed by atoms with Gasteiger partial charge in [-0.1, -0.05) is 30.3 Å². The molecule has 0 radical (unpaired) electrons. The molecule has 0 aromatic heterocycles. The molecule has 4 rings (SSSR count). The zero-order chi connectivity index (χ0) is 21.4. The van der Waals surface area contributed by atoms with Gasteiger partial charge in [0.1, 0.15) is 10.5 Å². The minimum absolute atomic E-state index is 0.00379. The van der Waals surface area contributed by atoms with Gasteiger partial charge in [-0.05, 0) is 31.4 Å². The number of nitrogens with zero attached hydrogens (tertiary/aromatic N) is 3. The van der Waals surface area contributed by atoms with Crippen molar-refractivity contribution in [2.45, 2.75) is 30.3 Å². The van der Waals surface area contributed by atoms with Crippen molar-refractivity contribution < 1.29 is 18.1 Å². The van der Waals surface area contributed by atoms with Crippen LogP contribution in [-0.2, 0) is 20.4 Å². The molecule has 8 nitrogen and oxygen atoms in total. The van der Waals surface area contributed by atoms with E-state index in [0.29, 0.717) is 38.5 Å². The molecular weight excluding hydrogens is 406 g/mol. The molecule has 2 aliphatic rings. The van der Waals surface area contributed by atoms with E-state index >= 15 is 0 Å². The van der Waals surface area contributed by atoms with Crippen molar-refractivity contribution in [2.24, 2.45) is 0 Å². The van der Waals surface area contributed by atoms with Crippen LogP contribution in [0.5, 0.6) is 0 Å². The van der Waals surface area contributed by atoms with Crippen molar-refractivity contribution in [2.75, 3.05) is 37.7 Å². The van der Waals surface area contributed by atoms with Crippen molar-refractivity contribution in [3.63, 3.8) is 0 Å². The largest absolute Gasteiger partial charge is 0.367 e. The highest BCUT2D eigenvalue weighted by Crippen LogP contribution is 2.37. The average Bonchev–Trinajstić information content (AvgIpc) is 3.30. The van der Waals surface area contributed by atoms with Crippen LogP contribution < -0.4 is 4.90 Å². The number of sulfonamides is 1. The van der Waals surface area contributed by atoms with E-state index in [2.05, 4.69) is 0 Å². The summed E-state index contributed by atoms with van der Waals surface area (Å²) in [4.78, 5) is 12.7. The van der Waals surface area contributed by atoms with Crippen LogP contribution in [0.25, 0.3) is 0 Å². The summed E-state index contributed by atoms with van der Waals surface area (Å²) in [6.07, 6.45) is 1.60. The zero-order valence-electron chi connectivity index (χ0n) is 16.9. The molecule has 0 N–H and O–H groups in total. The van der Waals surface area contributed by atoms with Gasteiger partial charge in [0, 0.05) is 31.8 Å². The predicted molar refractivity (Wildman–Crippen MR) is 113 cm³/mol. The Morgan fingerprint density at radius 1 is 1.07 bits per heavy atom. The van der Waals surface area contributed by atoms with Crippen molar-refractivity contribution in [3.8, 4) is 0 Å². The first-order chi connectivity index (χ1) is 14.3. The lowest BCUT2D eigenvalue weighted by atomic mass is 9.93. The van der Waals surface area contributed by atoms with E-state index in [1.165, 1.54) is 16.4 Å². The van der Waals surface area contributed by atoms with Crippen molar-refractivity contribution >= 4 is 21.4 Å². The standard InChI is InChI=1S/C21H25N3O5S/c1-21(17-7-3-2-4-8-17)16-22(13-14-29-21)19-10-9-18(24(25)26)15-20(19)30(27,28)23-11-5-6-12-23/h2-4,7-10,15H,5-6,11-14,16H2,1H3. The van der Waals surface area contributed by atoms with Crippen LogP contribution in [0.15, 0.2) is 53.4 Å². The molecule has 2 heterocycles. The van der Waals surface area contributed by atoms with Crippen LogP contribution in [0, 0.1) is 10.1 Å². The molecule has 2 saturated heterocycles. The van der Waals surface area contributed by atoms with Crippen molar-refractivity contribution in [3.05, 3.63) is 64.2 Å². The van der Waals surface area contributed by atoms with E-state index in [4.69, 9.17) is 4.74 Å². The van der Waals surface area contributed by atoms with Crippen LogP contribution in [-0.4, -0.2) is 50.4 Å². The first-order valence-electron chi connectivity index (χ1n) is 10.0. The monoisotopic (exact) mass is 431 g/mol. The molecule has 0 aliphatic carbocycles. The highest BCUT2D eigenvalue weighted by Gasteiger charge is 2.37. The molecule has 30 heavy (non-hydrogen) atoms. The fraction of sp³-hybridized carbons (Fsp3) is 0.429. The quantitative estimate of drug-likeness (QED) is 0.533. The third-order valence-electron chi connectivity index (χ3n) is 5.84. The minimum atomic E-state index is -3.83. The second kappa shape index (κ2) is 7.98. The van der Waals surface area contributed by atoms with Gasteiger partial charge < -0.3 is 9.64 Å². The number of ether oxygens (including phenoxy) is 1. The Kier molecular flexibility index (Phi) is 5.52. The number of non-ortho nitro benzene ring substituents is 1. The Bertz CT molecular complexity index is 1040. The highest BCUT2D eigenvalue weighted by atomic mass is 32.2. The number of benzene rings is 2. The summed E-state index contributed by atoms with van der Waals surface area (Å²) >= 11 is 0. The van der Waals surface area contributed by atoms with E-state index in [0.717, 1.165) is 18.4 Å². The number of anilines is 1. The SMILES string of the molecule is CC1(c2ccccc2)CN(c2ccc([N+](=O)[O-])cc2S(=O)(=O)N2CCCC2)CCO1. The first-order valence-corrected chi connectivity index (χ1v) is 11.5. The predicted octanol–water partition coefficient (Wildman–Crippen LogP) is 3.13. The molecule has 2 aromatic carbocycles. The van der Waals surface area contributed by atoms with E-state index in [1.54, 1.807) is 6.07 Å². The number of morpholine rings is 1. The van der Waals surface area contributed by atoms with Gasteiger partial charge in [0.15, 0.2) is 0 Å². The molecule has 0 saturated carbocycles. The molecule has 0 spiro atoms. The van der Waals surface area contributed by atoms with E-state index < -0.39 is 20.5 Å². The maximum absolute atomic E-state index is 13.3. The summed E-state index contributed by atoms with van der Waals surface area (Å²) in [7, 11) is -3.83. The third kappa shape index (κ3) is 3.80. The van der Waals surface area contributed by atoms with Crippen LogP contribution in [0.2, 0.25) is 0 Å². The second-order valence-corrected chi connectivity index (χ2v) is 9.79. The fourth-order valence-corrected chi connectivity index (χ4v) is 5.94. The maximum atomic E-state index is 13.3. The maximum Gasteiger partial charge on any atom is 0.270 e. The molecule has 1 unspecified atom stereocenters. The molecule has 1 atom stereocenters. The first kappa shape index (κ1) is 20.8. The Balaban J connectivity index is 1.75. The minimum Gasteiger partial charge on any atom is -0.367 e. The molecule has 160 valence electrons. The lowest BCUT2D eigenvalue weighted by Gasteiger charge is -2.42. The fourth-order valence-electron chi connectivity index (χ4n) is 4.19. The van der Waals surface area contributed by atoms with Gasteiger partial charge >= 0.3 is 0 Å². The summed E-state index contributed by atoms with van der Waals surface area (Å²) in [5.41, 5.74) is 0.643. The van der Waals surface area contributed by atoms with E-state index in [-0.39, 0.29) is 10.6 Å². The second-order valence-electron chi connectivity index (χ2n) is 7.89. The average molecular weight is 432 g/mol. The third-order valence-corrected chi connectivity index (χ3v) is 7.76. The Labute approximate surface area is 176 Å². The summed E-state index contributed by atoms with van der Waals surface area (Å²) in [5.74, 6) is 0. The lowest BCUT2D eigenvalue weighted by Crippen LogP contribution is -2.48. The van der Waals surface area contributed by atoms with Gasteiger partial charge in [0.25, 0.3) is 5.69 Å². The lowest BCUT2D eigenvalue weighted by molar-refractivity contribution is -0.385. The van der Waals surface area contributed by atoms with Crippen LogP contribution >= 0.6 is 0 Å². The Morgan fingerprint density at radius 3 is 2.43 bits per heavy atom. The zero-order valence-corrected chi connectivity index (χ0v) is 17.7. The smallest absolute Gasteiger partial charge is 0.270 e. The van der Waals surface area contributed by atoms with Crippen molar-refractivity contribution in [1.29, 1.82) is 0 Å². The summed E-state index contributed by atoms with van der Waals surface area (Å²) in [6.45, 7) is 4.23. The molecule has 2 fully saturated rings. The molecule has 2 aromatic rings. The normalized spacial score (nSPS) is 22.9. The van der Waals surface area contributed by atoms with Crippen LogP contribution in [0.4, 0.5) is 11.4 Å². The van der Waals surface area contributed by atoms with Gasteiger partial charge in [-0.3, -0.25) is 10.1 Å². The van der Waals surface area contributed by atoms with Gasteiger partial charge in [-0.2, -0.15) is 4.31 Å². The number of hydrogen-bond acceptors (Lipinski definition) is 6. The summed E-state index contributed by atoms with van der Waals surface area (Å²) in [5, 5.41) is 11.3. The summed E-state index contributed by atoms with van der Waals surface area (Å²) in [6, 6.07) is 13.9. The number of hydrogen-bond donors (Lipinski definition) is 0. The number of nitro benzene ring substituents is 1. The Hall–Kier alpha value is -2.49. The van der Waals surface area contributed by atoms with E-state index in [1.807, 2.05) is 42.2 Å². The Morgan fingerprint density at radius 2 is 1.77 bits per heavy atom. The molecule has 9 heteroatoms. The molecule has 2 aliphatic heterocycles. The molecule has 0 amide bonds. The number of rotatable bonds is 5. The van der Waals surface area contributed by atoms with Gasteiger partial charge in [0.2, 0.25) is 10.0 Å². The topological polar surface area (TPSA) is 93.0 Å². The van der Waals surface area contributed by atoms with E-state index in [9.17, 15) is 18.5 Å².